The van der Waals surface area contributed by atoms with E-state index in [1.807, 2.05) is 22.7 Å². The first-order valence-electron chi connectivity index (χ1n) is 22.2. The number of hydrogen-bond acceptors (Lipinski definition) is 2. The van der Waals surface area contributed by atoms with Crippen LogP contribution in [0.5, 0.6) is 0 Å². The second-order valence-corrected chi connectivity index (χ2v) is 19.2. The van der Waals surface area contributed by atoms with Crippen molar-refractivity contribution in [2.45, 2.75) is 6.42 Å². The Morgan fingerprint density at radius 2 is 0.891 bits per heavy atom. The van der Waals surface area contributed by atoms with Crippen LogP contribution in [0.1, 0.15) is 17.5 Å². The van der Waals surface area contributed by atoms with Crippen LogP contribution >= 0.6 is 22.7 Å². The van der Waals surface area contributed by atoms with Crippen molar-refractivity contribution in [2.75, 3.05) is 0 Å². The zero-order valence-electron chi connectivity index (χ0n) is 35.0. The molecule has 11 aromatic rings. The van der Waals surface area contributed by atoms with E-state index in [1.165, 1.54) is 123 Å². The van der Waals surface area contributed by atoms with Crippen molar-refractivity contribution in [3.63, 3.8) is 0 Å². The quantitative estimate of drug-likeness (QED) is 0.146. The molecule has 0 amide bonds. The molecule has 9 aromatic carbocycles. The van der Waals surface area contributed by atoms with Crippen molar-refractivity contribution >= 4 is 76.9 Å². The molecule has 2 aliphatic carbocycles. The molecule has 0 saturated heterocycles. The standard InChI is InChI=1S/C62H40S2/c1-2-16-41(17-3-1)59-49-22-10-12-24-51(49)62(52-25-13-11-23-50(52)59)58-35-34-57(64-58)56-33-32-55(63-56)44-30-31-53-54(38-44)61(46-29-27-40-15-5-7-19-43(40)37-46)48-21-9-8-20-47(48)60(53)45-28-26-39-14-4-6-18-42(39)36-45/h1-19,21-38,47H,20H2. The maximum atomic E-state index is 2.48. The molecule has 300 valence electrons. The minimum absolute atomic E-state index is 0.260. The van der Waals surface area contributed by atoms with Crippen molar-refractivity contribution in [1.29, 1.82) is 0 Å². The van der Waals surface area contributed by atoms with Gasteiger partial charge in [-0.15, -0.1) is 22.7 Å². The molecular formula is C62H40S2. The van der Waals surface area contributed by atoms with E-state index in [1.54, 1.807) is 0 Å². The maximum absolute atomic E-state index is 2.48. The van der Waals surface area contributed by atoms with Gasteiger partial charge in [-0.05, 0) is 147 Å². The maximum Gasteiger partial charge on any atom is 0.0449 e. The minimum Gasteiger partial charge on any atom is -0.134 e. The number of allylic oxidation sites excluding steroid dienone is 4. The Kier molecular flexibility index (Phi) is 8.82. The Morgan fingerprint density at radius 1 is 0.359 bits per heavy atom. The van der Waals surface area contributed by atoms with Crippen LogP contribution in [0.3, 0.4) is 0 Å². The smallest absolute Gasteiger partial charge is 0.0449 e. The predicted octanol–water partition coefficient (Wildman–Crippen LogP) is 16.0. The largest absolute Gasteiger partial charge is 0.134 e. The van der Waals surface area contributed by atoms with Gasteiger partial charge in [-0.3, -0.25) is 0 Å². The van der Waals surface area contributed by atoms with Crippen LogP contribution in [0.15, 0.2) is 230 Å². The normalized spacial score (nSPS) is 14.6. The summed E-state index contributed by atoms with van der Waals surface area (Å²) in [4.78, 5) is 5.16. The molecule has 64 heavy (non-hydrogen) atoms. The molecule has 1 atom stereocenters. The molecule has 0 nitrogen and oxygen atoms in total. The highest BCUT2D eigenvalue weighted by molar-refractivity contribution is 7.25. The summed E-state index contributed by atoms with van der Waals surface area (Å²) < 4.78 is 0. The fourth-order valence-electron chi connectivity index (χ4n) is 10.6. The topological polar surface area (TPSA) is 0 Å². The van der Waals surface area contributed by atoms with Crippen LogP contribution in [0.25, 0.3) is 96.0 Å². The second kappa shape index (κ2) is 15.2. The SMILES string of the molecule is C1=CCC2C(=C1)C(c1ccc3ccccc3c1)=c1cc(-c3ccc(-c4ccc(-c5c6ccccc6c(-c6ccccc6)c6ccccc56)s4)s3)ccc1=C2c1ccc2ccccc2c1. The summed E-state index contributed by atoms with van der Waals surface area (Å²) in [7, 11) is 0. The van der Waals surface area contributed by atoms with Gasteiger partial charge in [-0.25, -0.2) is 0 Å². The van der Waals surface area contributed by atoms with E-state index in [0.29, 0.717) is 0 Å². The van der Waals surface area contributed by atoms with Crippen molar-refractivity contribution < 1.29 is 0 Å². The van der Waals surface area contributed by atoms with Gasteiger partial charge in [0, 0.05) is 31.0 Å². The second-order valence-electron chi connectivity index (χ2n) is 17.0. The van der Waals surface area contributed by atoms with E-state index in [-0.39, 0.29) is 5.92 Å². The molecule has 1 unspecified atom stereocenters. The lowest BCUT2D eigenvalue weighted by Gasteiger charge is -2.31. The van der Waals surface area contributed by atoms with Gasteiger partial charge in [0.15, 0.2) is 0 Å². The third-order valence-corrected chi connectivity index (χ3v) is 15.9. The van der Waals surface area contributed by atoms with Gasteiger partial charge >= 0.3 is 0 Å². The Hall–Kier alpha value is -7.36. The summed E-state index contributed by atoms with van der Waals surface area (Å²) in [6.45, 7) is 0. The Labute approximate surface area is 380 Å². The predicted molar refractivity (Wildman–Crippen MR) is 276 cm³/mol. The van der Waals surface area contributed by atoms with E-state index in [2.05, 4.69) is 224 Å². The molecule has 2 aromatic heterocycles. The molecule has 2 heterocycles. The first-order valence-corrected chi connectivity index (χ1v) is 23.8. The number of fused-ring (bicyclic) bond motifs is 6. The molecule has 13 rings (SSSR count). The summed E-state index contributed by atoms with van der Waals surface area (Å²) in [5.41, 5.74) is 11.9. The minimum atomic E-state index is 0.260. The van der Waals surface area contributed by atoms with Crippen LogP contribution in [0.4, 0.5) is 0 Å². The van der Waals surface area contributed by atoms with Gasteiger partial charge in [0.25, 0.3) is 0 Å². The van der Waals surface area contributed by atoms with E-state index in [9.17, 15) is 0 Å². The third kappa shape index (κ3) is 6.09. The van der Waals surface area contributed by atoms with Gasteiger partial charge in [-0.1, -0.05) is 182 Å². The number of benzene rings is 9. The van der Waals surface area contributed by atoms with E-state index < -0.39 is 0 Å². The highest BCUT2D eigenvalue weighted by atomic mass is 32.1. The number of hydrogen-bond donors (Lipinski definition) is 0. The Balaban J connectivity index is 0.972. The average molecular weight is 849 g/mol. The first kappa shape index (κ1) is 37.2. The summed E-state index contributed by atoms with van der Waals surface area (Å²) in [5.74, 6) is 0.260. The van der Waals surface area contributed by atoms with Crippen molar-refractivity contribution in [3.8, 4) is 41.8 Å². The lowest BCUT2D eigenvalue weighted by Crippen LogP contribution is -2.38. The van der Waals surface area contributed by atoms with E-state index >= 15 is 0 Å². The first-order chi connectivity index (χ1) is 31.7. The molecule has 0 saturated carbocycles. The molecule has 2 aliphatic rings. The van der Waals surface area contributed by atoms with Gasteiger partial charge in [0.2, 0.25) is 0 Å². The third-order valence-electron chi connectivity index (χ3n) is 13.5. The highest BCUT2D eigenvalue weighted by Gasteiger charge is 2.30. The fourth-order valence-corrected chi connectivity index (χ4v) is 12.7. The van der Waals surface area contributed by atoms with Crippen LogP contribution in [-0.2, 0) is 0 Å². The summed E-state index contributed by atoms with van der Waals surface area (Å²) in [5, 5.41) is 12.9. The molecule has 0 N–H and O–H groups in total. The van der Waals surface area contributed by atoms with Crippen molar-refractivity contribution in [1.82, 2.24) is 0 Å². The van der Waals surface area contributed by atoms with Gasteiger partial charge in [0.05, 0.1) is 0 Å². The molecular weight excluding hydrogens is 809 g/mol. The Bertz CT molecular complexity index is 3820. The lowest BCUT2D eigenvalue weighted by atomic mass is 9.72. The Morgan fingerprint density at radius 3 is 1.58 bits per heavy atom. The molecule has 0 spiro atoms. The molecule has 2 heteroatoms. The van der Waals surface area contributed by atoms with Crippen LogP contribution in [-0.4, -0.2) is 0 Å². The van der Waals surface area contributed by atoms with Crippen molar-refractivity contribution in [2.24, 2.45) is 5.92 Å². The van der Waals surface area contributed by atoms with Crippen LogP contribution < -0.4 is 10.4 Å². The van der Waals surface area contributed by atoms with Crippen molar-refractivity contribution in [3.05, 3.63) is 252 Å². The lowest BCUT2D eigenvalue weighted by molar-refractivity contribution is 0.798. The fraction of sp³-hybridized carbons (Fsp3) is 0.0323. The van der Waals surface area contributed by atoms with Crippen LogP contribution in [0, 0.1) is 5.92 Å². The number of rotatable bonds is 6. The monoisotopic (exact) mass is 848 g/mol. The molecule has 0 radical (unpaired) electrons. The highest BCUT2D eigenvalue weighted by Crippen LogP contribution is 2.48. The van der Waals surface area contributed by atoms with Gasteiger partial charge in [0.1, 0.15) is 0 Å². The average Bonchev–Trinajstić information content (AvgIpc) is 4.06. The zero-order valence-corrected chi connectivity index (χ0v) is 36.6. The molecule has 0 bridgehead atoms. The van der Waals surface area contributed by atoms with Crippen LogP contribution in [0.2, 0.25) is 0 Å². The zero-order chi connectivity index (χ0) is 42.1. The van der Waals surface area contributed by atoms with Gasteiger partial charge in [-0.2, -0.15) is 0 Å². The summed E-state index contributed by atoms with van der Waals surface area (Å²) in [6.07, 6.45) is 7.98. The molecule has 0 aliphatic heterocycles. The molecule has 0 fully saturated rings. The van der Waals surface area contributed by atoms with E-state index in [4.69, 9.17) is 0 Å². The summed E-state index contributed by atoms with van der Waals surface area (Å²) in [6, 6.07) is 76.9. The van der Waals surface area contributed by atoms with E-state index in [0.717, 1.165) is 6.42 Å². The number of thiophene rings is 2. The summed E-state index contributed by atoms with van der Waals surface area (Å²) >= 11 is 3.79. The van der Waals surface area contributed by atoms with Gasteiger partial charge < -0.3 is 0 Å².